The summed E-state index contributed by atoms with van der Waals surface area (Å²) in [5.41, 5.74) is 4.83. The molecule has 0 fully saturated rings. The predicted molar refractivity (Wildman–Crippen MR) is 162 cm³/mol. The third kappa shape index (κ3) is 8.78. The van der Waals surface area contributed by atoms with Crippen molar-refractivity contribution in [3.8, 4) is 23.0 Å². The summed E-state index contributed by atoms with van der Waals surface area (Å²) in [5, 5.41) is 0. The zero-order chi connectivity index (χ0) is 30.7. The van der Waals surface area contributed by atoms with Crippen molar-refractivity contribution in [2.75, 3.05) is 0 Å². The molecular formula is C36H30O8. The number of rotatable bonds is 12. The Hall–Kier alpha value is -5.44. The van der Waals surface area contributed by atoms with E-state index in [4.69, 9.17) is 29.0 Å². The first kappa shape index (κ1) is 30.0. The van der Waals surface area contributed by atoms with Crippen molar-refractivity contribution in [1.82, 2.24) is 0 Å². The highest BCUT2D eigenvalue weighted by Gasteiger charge is 2.12. The zero-order valence-corrected chi connectivity index (χ0v) is 24.2. The molecule has 0 radical (unpaired) electrons. The molecule has 0 aliphatic heterocycles. The van der Waals surface area contributed by atoms with E-state index in [-0.39, 0.29) is 17.9 Å². The van der Waals surface area contributed by atoms with E-state index in [2.05, 4.69) is 0 Å². The molecule has 8 nitrogen and oxygen atoms in total. The van der Waals surface area contributed by atoms with Crippen LogP contribution < -0.4 is 19.2 Å². The fraction of sp³-hybridized carbons (Fsp3) is 0.111. The summed E-state index contributed by atoms with van der Waals surface area (Å²) in [5.74, 6) is 0.452. The van der Waals surface area contributed by atoms with E-state index < -0.39 is 11.9 Å². The molecule has 8 heteroatoms. The first-order valence-electron chi connectivity index (χ1n) is 13.9. The molecule has 0 saturated heterocycles. The molecule has 0 heterocycles. The molecule has 0 aromatic heterocycles. The number of hydrogen-bond acceptors (Lipinski definition) is 8. The van der Waals surface area contributed by atoms with Gasteiger partial charge < -0.3 is 19.2 Å². The van der Waals surface area contributed by atoms with Crippen LogP contribution in [0.4, 0.5) is 0 Å². The molecule has 0 unspecified atom stereocenters. The van der Waals surface area contributed by atoms with Gasteiger partial charge in [-0.1, -0.05) is 65.7 Å². The predicted octanol–water partition coefficient (Wildman–Crippen LogP) is 7.76. The Morgan fingerprint density at radius 1 is 0.477 bits per heavy atom. The maximum Gasteiger partial charge on any atom is 0.343 e. The minimum absolute atomic E-state index is 0.176. The topological polar surface area (TPSA) is 89.5 Å². The summed E-state index contributed by atoms with van der Waals surface area (Å²) in [6, 6.07) is 35.0. The Morgan fingerprint density at radius 2 is 0.909 bits per heavy atom. The van der Waals surface area contributed by atoms with E-state index in [0.29, 0.717) is 29.4 Å². The number of carbonyl (C=O) groups excluding carboxylic acids is 2. The van der Waals surface area contributed by atoms with Gasteiger partial charge in [-0.25, -0.2) is 9.59 Å². The maximum atomic E-state index is 12.7. The summed E-state index contributed by atoms with van der Waals surface area (Å²) in [7, 11) is 0. The zero-order valence-electron chi connectivity index (χ0n) is 24.2. The summed E-state index contributed by atoms with van der Waals surface area (Å²) < 4.78 is 10.9. The second kappa shape index (κ2) is 14.6. The highest BCUT2D eigenvalue weighted by Crippen LogP contribution is 2.22. The lowest BCUT2D eigenvalue weighted by atomic mass is 10.1. The number of hydrogen-bond donors (Lipinski definition) is 0. The smallest absolute Gasteiger partial charge is 0.343 e. The minimum atomic E-state index is -0.579. The van der Waals surface area contributed by atoms with Crippen molar-refractivity contribution in [2.45, 2.75) is 27.1 Å². The van der Waals surface area contributed by atoms with E-state index in [0.717, 1.165) is 16.7 Å². The van der Waals surface area contributed by atoms with Crippen LogP contribution in [0.2, 0.25) is 0 Å². The Bertz CT molecular complexity index is 1680. The van der Waals surface area contributed by atoms with Crippen LogP contribution in [0.15, 0.2) is 121 Å². The molecule has 0 bridgehead atoms. The Labute approximate surface area is 255 Å². The normalized spacial score (nSPS) is 10.6. The molecular weight excluding hydrogens is 560 g/mol. The lowest BCUT2D eigenvalue weighted by Crippen LogP contribution is -2.10. The van der Waals surface area contributed by atoms with Crippen LogP contribution in [0.3, 0.4) is 0 Å². The molecule has 5 rings (SSSR count). The Morgan fingerprint density at radius 3 is 1.50 bits per heavy atom. The van der Waals surface area contributed by atoms with E-state index in [1.54, 1.807) is 42.5 Å². The van der Waals surface area contributed by atoms with Gasteiger partial charge >= 0.3 is 11.9 Å². The van der Waals surface area contributed by atoms with Gasteiger partial charge in [-0.3, -0.25) is 0 Å². The van der Waals surface area contributed by atoms with Crippen molar-refractivity contribution >= 4 is 11.9 Å². The van der Waals surface area contributed by atoms with E-state index >= 15 is 0 Å². The van der Waals surface area contributed by atoms with Gasteiger partial charge in [0.1, 0.15) is 24.7 Å². The SMILES string of the molecule is Cc1ccc(COOc2ccc(COOc3cccc(OC(=O)c4ccc(OC(=O)c5ccc(C)cc5)cc4)c3)cc2)cc1. The van der Waals surface area contributed by atoms with Gasteiger partial charge in [-0.05, 0) is 85.6 Å². The van der Waals surface area contributed by atoms with Crippen LogP contribution in [0.1, 0.15) is 43.0 Å². The second-order valence-electron chi connectivity index (χ2n) is 9.96. The lowest BCUT2D eigenvalue weighted by molar-refractivity contribution is -0.218. The summed E-state index contributed by atoms with van der Waals surface area (Å²) >= 11 is 0. The molecule has 0 aliphatic carbocycles. The fourth-order valence-electron chi connectivity index (χ4n) is 3.93. The van der Waals surface area contributed by atoms with E-state index in [1.165, 1.54) is 35.9 Å². The quantitative estimate of drug-likeness (QED) is 0.0630. The average molecular weight is 591 g/mol. The summed E-state index contributed by atoms with van der Waals surface area (Å²) in [6.07, 6.45) is 0. The minimum Gasteiger partial charge on any atom is -0.423 e. The molecule has 0 atom stereocenters. The maximum absolute atomic E-state index is 12.7. The third-order valence-corrected chi connectivity index (χ3v) is 6.41. The largest absolute Gasteiger partial charge is 0.423 e. The van der Waals surface area contributed by atoms with Crippen LogP contribution in [0.5, 0.6) is 23.0 Å². The van der Waals surface area contributed by atoms with Gasteiger partial charge in [0.25, 0.3) is 0 Å². The van der Waals surface area contributed by atoms with Crippen molar-refractivity contribution in [2.24, 2.45) is 0 Å². The van der Waals surface area contributed by atoms with Crippen molar-refractivity contribution < 1.29 is 38.6 Å². The van der Waals surface area contributed by atoms with Crippen molar-refractivity contribution in [1.29, 1.82) is 0 Å². The van der Waals surface area contributed by atoms with Crippen LogP contribution in [0.25, 0.3) is 0 Å². The molecule has 0 aliphatic rings. The summed E-state index contributed by atoms with van der Waals surface area (Å²) in [4.78, 5) is 46.4. The molecule has 0 N–H and O–H groups in total. The monoisotopic (exact) mass is 590 g/mol. The Balaban J connectivity index is 1.05. The first-order valence-corrected chi connectivity index (χ1v) is 13.9. The fourth-order valence-corrected chi connectivity index (χ4v) is 3.93. The van der Waals surface area contributed by atoms with Gasteiger partial charge in [0.05, 0.1) is 11.1 Å². The van der Waals surface area contributed by atoms with Crippen molar-refractivity contribution in [3.63, 3.8) is 0 Å². The van der Waals surface area contributed by atoms with Crippen LogP contribution in [-0.2, 0) is 23.0 Å². The third-order valence-electron chi connectivity index (χ3n) is 6.41. The number of ether oxygens (including phenoxy) is 2. The van der Waals surface area contributed by atoms with Crippen LogP contribution in [0, 0.1) is 13.8 Å². The lowest BCUT2D eigenvalue weighted by Gasteiger charge is -2.09. The molecule has 5 aromatic rings. The van der Waals surface area contributed by atoms with E-state index in [9.17, 15) is 9.59 Å². The number of aryl methyl sites for hydroxylation is 2. The van der Waals surface area contributed by atoms with Crippen molar-refractivity contribution in [3.05, 3.63) is 155 Å². The number of carbonyl (C=O) groups is 2. The second-order valence-corrected chi connectivity index (χ2v) is 9.96. The van der Waals surface area contributed by atoms with Crippen LogP contribution in [-0.4, -0.2) is 11.9 Å². The van der Waals surface area contributed by atoms with Gasteiger partial charge in [-0.15, -0.1) is 0 Å². The average Bonchev–Trinajstić information content (AvgIpc) is 3.03. The van der Waals surface area contributed by atoms with E-state index in [1.807, 2.05) is 62.4 Å². The molecule has 0 saturated carbocycles. The summed E-state index contributed by atoms with van der Waals surface area (Å²) in [6.45, 7) is 4.49. The van der Waals surface area contributed by atoms with Gasteiger partial charge in [0, 0.05) is 6.07 Å². The molecule has 44 heavy (non-hydrogen) atoms. The molecule has 0 amide bonds. The first-order chi connectivity index (χ1) is 21.4. The van der Waals surface area contributed by atoms with Gasteiger partial charge in [0.2, 0.25) is 0 Å². The Kier molecular flexibility index (Phi) is 9.99. The molecule has 222 valence electrons. The van der Waals surface area contributed by atoms with Gasteiger partial charge in [0.15, 0.2) is 11.5 Å². The molecule has 0 spiro atoms. The number of benzene rings is 5. The number of esters is 2. The standard InChI is InChI=1S/C36H30O8/c1-25-6-10-27(11-7-25)23-39-43-32-18-12-28(13-19-32)24-40-44-34-5-3-4-33(22-34)42-36(38)30-16-20-31(21-17-30)41-35(37)29-14-8-26(2)9-15-29/h3-22H,23-24H2,1-2H3. The highest BCUT2D eigenvalue weighted by molar-refractivity contribution is 5.92. The molecule has 5 aromatic carbocycles. The highest BCUT2D eigenvalue weighted by atomic mass is 17.2. The van der Waals surface area contributed by atoms with Gasteiger partial charge in [-0.2, -0.15) is 9.78 Å². The van der Waals surface area contributed by atoms with Crippen LogP contribution >= 0.6 is 0 Å².